The van der Waals surface area contributed by atoms with Gasteiger partial charge in [-0.25, -0.2) is 0 Å². The van der Waals surface area contributed by atoms with Crippen LogP contribution >= 0.6 is 0 Å². The van der Waals surface area contributed by atoms with Gasteiger partial charge in [-0.2, -0.15) is 4.99 Å². The van der Waals surface area contributed by atoms with Gasteiger partial charge in [-0.3, -0.25) is 9.59 Å². The van der Waals surface area contributed by atoms with Crippen LogP contribution in [0.15, 0.2) is 77.9 Å². The van der Waals surface area contributed by atoms with Crippen LogP contribution in [0.25, 0.3) is 0 Å². The van der Waals surface area contributed by atoms with Crippen LogP contribution in [0.4, 0.5) is 0 Å². The van der Waals surface area contributed by atoms with Crippen LogP contribution in [0.2, 0.25) is 0 Å². The molecule has 1 heterocycles. The number of methoxy groups -OCH3 is 1. The Balaban J connectivity index is 1.74. The number of rotatable bonds is 7. The predicted octanol–water partition coefficient (Wildman–Crippen LogP) is 3.25. The van der Waals surface area contributed by atoms with E-state index in [9.17, 15) is 9.59 Å². The summed E-state index contributed by atoms with van der Waals surface area (Å²) in [7, 11) is 1.48. The lowest BCUT2D eigenvalue weighted by atomic mass is 10.1. The molecule has 3 aromatic rings. The minimum absolute atomic E-state index is 0.0759. The Hall–Kier alpha value is -3.67. The molecule has 6 heteroatoms. The van der Waals surface area contributed by atoms with Crippen molar-refractivity contribution >= 4 is 11.7 Å². The van der Waals surface area contributed by atoms with Gasteiger partial charge in [-0.05, 0) is 42.8 Å². The number of nitrogens with zero attached hydrogens (tertiary/aromatic N) is 2. The second-order valence-electron chi connectivity index (χ2n) is 6.39. The highest BCUT2D eigenvalue weighted by atomic mass is 16.5. The fourth-order valence-corrected chi connectivity index (χ4v) is 2.79. The summed E-state index contributed by atoms with van der Waals surface area (Å²) >= 11 is 0. The van der Waals surface area contributed by atoms with Crippen molar-refractivity contribution in [1.29, 1.82) is 0 Å². The van der Waals surface area contributed by atoms with Crippen molar-refractivity contribution in [3.63, 3.8) is 0 Å². The summed E-state index contributed by atoms with van der Waals surface area (Å²) in [6, 6.07) is 20.3. The van der Waals surface area contributed by atoms with E-state index in [4.69, 9.17) is 9.47 Å². The van der Waals surface area contributed by atoms with Crippen molar-refractivity contribution in [2.75, 3.05) is 13.7 Å². The molecule has 0 saturated heterocycles. The Morgan fingerprint density at radius 3 is 2.45 bits per heavy atom. The number of pyridine rings is 1. The second kappa shape index (κ2) is 9.50. The molecule has 0 aliphatic rings. The average molecular weight is 390 g/mol. The molecule has 0 bridgehead atoms. The molecule has 0 atom stereocenters. The molecule has 29 heavy (non-hydrogen) atoms. The smallest absolute Gasteiger partial charge is 0.285 e. The summed E-state index contributed by atoms with van der Waals surface area (Å²) < 4.78 is 12.7. The quantitative estimate of drug-likeness (QED) is 0.581. The third-order valence-corrected chi connectivity index (χ3v) is 4.27. The topological polar surface area (TPSA) is 69.9 Å². The lowest BCUT2D eigenvalue weighted by Gasteiger charge is -2.10. The van der Waals surface area contributed by atoms with Gasteiger partial charge in [0.1, 0.15) is 5.49 Å². The van der Waals surface area contributed by atoms with Crippen molar-refractivity contribution in [3.05, 3.63) is 89.5 Å². The standard InChI is InChI=1S/C23H22N2O4/c1-17(26)19-11-12-20(21(14-19)28-2)29-16-23(27)24-22-10-6-7-13-25(22)15-18-8-4-3-5-9-18/h3-14H,15-16H2,1-2H3. The molecule has 3 rings (SSSR count). The van der Waals surface area contributed by atoms with Gasteiger partial charge in [0.2, 0.25) is 0 Å². The van der Waals surface area contributed by atoms with Gasteiger partial charge in [-0.15, -0.1) is 0 Å². The van der Waals surface area contributed by atoms with E-state index in [0.717, 1.165) is 5.56 Å². The first kappa shape index (κ1) is 20.1. The SMILES string of the molecule is COc1cc(C(C)=O)ccc1OCC(=O)N=c1ccccn1Cc1ccccc1. The molecule has 0 aliphatic heterocycles. The third-order valence-electron chi connectivity index (χ3n) is 4.27. The number of hydrogen-bond donors (Lipinski definition) is 0. The summed E-state index contributed by atoms with van der Waals surface area (Å²) in [6.07, 6.45) is 1.88. The lowest BCUT2D eigenvalue weighted by molar-refractivity contribution is -0.120. The highest BCUT2D eigenvalue weighted by Gasteiger charge is 2.10. The minimum atomic E-state index is -0.421. The van der Waals surface area contributed by atoms with Gasteiger partial charge in [0.25, 0.3) is 5.91 Å². The Labute approximate surface area is 169 Å². The number of Topliss-reactive ketones (excluding diaryl/α,β-unsaturated/α-hetero) is 1. The van der Waals surface area contributed by atoms with Crippen LogP contribution in [-0.2, 0) is 11.3 Å². The van der Waals surface area contributed by atoms with Gasteiger partial charge >= 0.3 is 0 Å². The number of carbonyl (C=O) groups excluding carboxylic acids is 2. The van der Waals surface area contributed by atoms with Crippen molar-refractivity contribution in [1.82, 2.24) is 4.57 Å². The molecule has 0 N–H and O–H groups in total. The van der Waals surface area contributed by atoms with E-state index in [1.165, 1.54) is 14.0 Å². The summed E-state index contributed by atoms with van der Waals surface area (Å²) in [5.74, 6) is 0.277. The number of aromatic nitrogens is 1. The molecular formula is C23H22N2O4. The summed E-state index contributed by atoms with van der Waals surface area (Å²) in [6.45, 7) is 1.84. The fraction of sp³-hybridized carbons (Fsp3) is 0.174. The molecule has 1 amide bonds. The Morgan fingerprint density at radius 2 is 1.72 bits per heavy atom. The van der Waals surface area contributed by atoms with Crippen LogP contribution in [0.5, 0.6) is 11.5 Å². The van der Waals surface area contributed by atoms with Crippen molar-refractivity contribution in [2.45, 2.75) is 13.5 Å². The number of ketones is 1. The highest BCUT2D eigenvalue weighted by molar-refractivity contribution is 5.94. The molecule has 0 fully saturated rings. The molecule has 0 spiro atoms. The summed E-state index contributed by atoms with van der Waals surface area (Å²) in [5, 5.41) is 0. The largest absolute Gasteiger partial charge is 0.493 e. The maximum atomic E-state index is 12.4. The van der Waals surface area contributed by atoms with Crippen LogP contribution in [0.3, 0.4) is 0 Å². The maximum Gasteiger partial charge on any atom is 0.285 e. The first-order chi connectivity index (χ1) is 14.1. The lowest BCUT2D eigenvalue weighted by Crippen LogP contribution is -2.23. The van der Waals surface area contributed by atoms with E-state index in [1.807, 2.05) is 53.2 Å². The van der Waals surface area contributed by atoms with Crippen LogP contribution < -0.4 is 15.0 Å². The zero-order valence-corrected chi connectivity index (χ0v) is 16.4. The van der Waals surface area contributed by atoms with Gasteiger partial charge in [0, 0.05) is 18.3 Å². The van der Waals surface area contributed by atoms with Crippen LogP contribution in [0.1, 0.15) is 22.8 Å². The maximum absolute atomic E-state index is 12.4. The first-order valence-electron chi connectivity index (χ1n) is 9.15. The number of ether oxygens (including phenoxy) is 2. The average Bonchev–Trinajstić information content (AvgIpc) is 2.74. The molecular weight excluding hydrogens is 368 g/mol. The Morgan fingerprint density at radius 1 is 0.966 bits per heavy atom. The number of amides is 1. The third kappa shape index (κ3) is 5.42. The van der Waals surface area contributed by atoms with E-state index in [0.29, 0.717) is 29.1 Å². The second-order valence-corrected chi connectivity index (χ2v) is 6.39. The zero-order valence-electron chi connectivity index (χ0n) is 16.4. The zero-order chi connectivity index (χ0) is 20.6. The van der Waals surface area contributed by atoms with Crippen molar-refractivity contribution in [3.8, 4) is 11.5 Å². The summed E-state index contributed by atoms with van der Waals surface area (Å²) in [5.41, 5.74) is 2.17. The summed E-state index contributed by atoms with van der Waals surface area (Å²) in [4.78, 5) is 28.0. The van der Waals surface area contributed by atoms with E-state index in [2.05, 4.69) is 4.99 Å². The fourth-order valence-electron chi connectivity index (χ4n) is 2.79. The highest BCUT2D eigenvalue weighted by Crippen LogP contribution is 2.28. The molecule has 148 valence electrons. The molecule has 1 aromatic heterocycles. The van der Waals surface area contributed by atoms with Crippen LogP contribution in [0, 0.1) is 0 Å². The van der Waals surface area contributed by atoms with E-state index < -0.39 is 5.91 Å². The molecule has 0 unspecified atom stereocenters. The predicted molar refractivity (Wildman–Crippen MR) is 109 cm³/mol. The van der Waals surface area contributed by atoms with Gasteiger partial charge in [-0.1, -0.05) is 36.4 Å². The number of benzene rings is 2. The van der Waals surface area contributed by atoms with Gasteiger partial charge < -0.3 is 14.0 Å². The molecule has 2 aromatic carbocycles. The normalized spacial score (nSPS) is 11.2. The Kier molecular flexibility index (Phi) is 6.58. The number of carbonyl (C=O) groups is 2. The Bertz CT molecular complexity index is 1070. The van der Waals surface area contributed by atoms with E-state index >= 15 is 0 Å². The van der Waals surface area contributed by atoms with Crippen molar-refractivity contribution in [2.24, 2.45) is 4.99 Å². The van der Waals surface area contributed by atoms with E-state index in [1.54, 1.807) is 24.3 Å². The van der Waals surface area contributed by atoms with Gasteiger partial charge in [0.05, 0.1) is 7.11 Å². The minimum Gasteiger partial charge on any atom is -0.493 e. The number of hydrogen-bond acceptors (Lipinski definition) is 4. The first-order valence-corrected chi connectivity index (χ1v) is 9.15. The molecule has 0 aliphatic carbocycles. The molecule has 6 nitrogen and oxygen atoms in total. The van der Waals surface area contributed by atoms with Crippen molar-refractivity contribution < 1.29 is 19.1 Å². The van der Waals surface area contributed by atoms with Crippen LogP contribution in [-0.4, -0.2) is 30.0 Å². The van der Waals surface area contributed by atoms with E-state index in [-0.39, 0.29) is 12.4 Å². The monoisotopic (exact) mass is 390 g/mol. The molecule has 0 saturated carbocycles. The molecule has 0 radical (unpaired) electrons. The van der Waals surface area contributed by atoms with Gasteiger partial charge in [0.15, 0.2) is 23.9 Å².